The molecule has 0 amide bonds. The molecule has 4 N–H and O–H groups in total. The summed E-state index contributed by atoms with van der Waals surface area (Å²) in [7, 11) is 2.04. The van der Waals surface area contributed by atoms with Crippen LogP contribution in [0.3, 0.4) is 0 Å². The number of aromatic nitrogens is 1. The summed E-state index contributed by atoms with van der Waals surface area (Å²) in [5.74, 6) is 0.565. The van der Waals surface area contributed by atoms with Gasteiger partial charge in [0.15, 0.2) is 0 Å². The minimum atomic E-state index is -1.34. The predicted octanol–water partition coefficient (Wildman–Crippen LogP) is 1.03. The van der Waals surface area contributed by atoms with E-state index in [1.807, 2.05) is 37.5 Å². The van der Waals surface area contributed by atoms with Gasteiger partial charge in [-0.15, -0.1) is 6.58 Å². The maximum absolute atomic E-state index is 10.2. The molecule has 5 atom stereocenters. The van der Waals surface area contributed by atoms with E-state index in [1.54, 1.807) is 6.92 Å². The first-order valence-corrected chi connectivity index (χ1v) is 9.17. The molecule has 1 aliphatic rings. The van der Waals surface area contributed by atoms with Crippen LogP contribution in [0.4, 0.5) is 0 Å². The van der Waals surface area contributed by atoms with Gasteiger partial charge >= 0.3 is 0 Å². The Balaban J connectivity index is 1.82. The van der Waals surface area contributed by atoms with Crippen molar-refractivity contribution in [2.24, 2.45) is 0 Å². The smallest absolute Gasteiger partial charge is 0.229 e. The summed E-state index contributed by atoms with van der Waals surface area (Å²) in [6, 6.07) is 5.62. The van der Waals surface area contributed by atoms with Crippen LogP contribution in [0.1, 0.15) is 12.5 Å². The number of likely N-dealkylation sites (N-methyl/N-ethyl adjacent to an activating group) is 1. The lowest BCUT2D eigenvalue weighted by Gasteiger charge is -2.39. The minimum Gasteiger partial charge on any atom is -0.461 e. The molecule has 1 saturated heterocycles. The number of hydrogen-bond acceptors (Lipinski definition) is 6. The number of aromatic amines is 1. The first-order valence-electron chi connectivity index (χ1n) is 9.17. The van der Waals surface area contributed by atoms with Crippen molar-refractivity contribution in [2.75, 3.05) is 20.1 Å². The second-order valence-electron chi connectivity index (χ2n) is 7.09. The van der Waals surface area contributed by atoms with Crippen LogP contribution in [0, 0.1) is 0 Å². The Hall–Kier alpha value is -1.90. The van der Waals surface area contributed by atoms with E-state index in [0.29, 0.717) is 5.75 Å². The Morgan fingerprint density at radius 3 is 2.78 bits per heavy atom. The van der Waals surface area contributed by atoms with E-state index in [2.05, 4.69) is 16.5 Å². The molecular formula is C20H28N2O5. The van der Waals surface area contributed by atoms with Crippen molar-refractivity contribution in [3.05, 3.63) is 42.6 Å². The maximum Gasteiger partial charge on any atom is 0.229 e. The Morgan fingerprint density at radius 1 is 1.26 bits per heavy atom. The molecule has 1 aromatic carbocycles. The number of ether oxygens (including phenoxy) is 2. The van der Waals surface area contributed by atoms with Gasteiger partial charge in [0.2, 0.25) is 6.29 Å². The first kappa shape index (κ1) is 19.9. The molecule has 7 heteroatoms. The Bertz CT molecular complexity index is 777. The predicted molar refractivity (Wildman–Crippen MR) is 103 cm³/mol. The van der Waals surface area contributed by atoms with E-state index in [0.717, 1.165) is 36.0 Å². The van der Waals surface area contributed by atoms with Gasteiger partial charge in [0.25, 0.3) is 0 Å². The van der Waals surface area contributed by atoms with Gasteiger partial charge in [-0.1, -0.05) is 12.1 Å². The summed E-state index contributed by atoms with van der Waals surface area (Å²) in [4.78, 5) is 5.42. The highest BCUT2D eigenvalue weighted by Gasteiger charge is 2.43. The number of rotatable bonds is 7. The molecule has 3 rings (SSSR count). The average Bonchev–Trinajstić information content (AvgIpc) is 3.07. The Morgan fingerprint density at radius 2 is 2.04 bits per heavy atom. The SMILES string of the molecule is C=CCN(C)CCc1c[nH]c2cccc(OC3OC(C)C(O)C(O)C3O)c12. The molecule has 0 saturated carbocycles. The topological polar surface area (TPSA) is 98.2 Å². The third-order valence-corrected chi connectivity index (χ3v) is 5.00. The van der Waals surface area contributed by atoms with E-state index < -0.39 is 30.7 Å². The van der Waals surface area contributed by atoms with Crippen molar-refractivity contribution in [3.8, 4) is 5.75 Å². The van der Waals surface area contributed by atoms with E-state index in [9.17, 15) is 15.3 Å². The van der Waals surface area contributed by atoms with Crippen LogP contribution in [0.2, 0.25) is 0 Å². The molecule has 0 aliphatic carbocycles. The van der Waals surface area contributed by atoms with Crippen LogP contribution in [0.5, 0.6) is 5.75 Å². The Kier molecular flexibility index (Phi) is 6.18. The third kappa shape index (κ3) is 4.17. The standard InChI is InChI=1S/C20H28N2O5/c1-4-9-22(3)10-8-13-11-21-14-6-5-7-15(16(13)14)27-20-19(25)18(24)17(23)12(2)26-20/h4-7,11-12,17-21,23-25H,1,8-10H2,2-3H3. The van der Waals surface area contributed by atoms with Gasteiger partial charge in [-0.25, -0.2) is 0 Å². The summed E-state index contributed by atoms with van der Waals surface area (Å²) in [5, 5.41) is 31.0. The summed E-state index contributed by atoms with van der Waals surface area (Å²) < 4.78 is 11.5. The van der Waals surface area contributed by atoms with Crippen LogP contribution in [0.25, 0.3) is 10.9 Å². The molecular weight excluding hydrogens is 348 g/mol. The zero-order chi connectivity index (χ0) is 19.6. The lowest BCUT2D eigenvalue weighted by atomic mass is 10.00. The fourth-order valence-corrected chi connectivity index (χ4v) is 3.37. The highest BCUT2D eigenvalue weighted by atomic mass is 16.7. The van der Waals surface area contributed by atoms with E-state index in [-0.39, 0.29) is 0 Å². The molecule has 1 aliphatic heterocycles. The quantitative estimate of drug-likeness (QED) is 0.539. The summed E-state index contributed by atoms with van der Waals surface area (Å²) in [5.41, 5.74) is 2.02. The highest BCUT2D eigenvalue weighted by Crippen LogP contribution is 2.32. The monoisotopic (exact) mass is 376 g/mol. The second-order valence-corrected chi connectivity index (χ2v) is 7.09. The molecule has 2 heterocycles. The maximum atomic E-state index is 10.2. The number of aliphatic hydroxyl groups excluding tert-OH is 3. The number of hydrogen-bond donors (Lipinski definition) is 4. The summed E-state index contributed by atoms with van der Waals surface area (Å²) in [6.07, 6.45) is -0.884. The van der Waals surface area contributed by atoms with Crippen LogP contribution in [0.15, 0.2) is 37.1 Å². The van der Waals surface area contributed by atoms with Gasteiger partial charge < -0.3 is 34.7 Å². The number of nitrogens with one attached hydrogen (secondary N) is 1. The normalized spacial score (nSPS) is 28.6. The molecule has 2 aromatic rings. The highest BCUT2D eigenvalue weighted by molar-refractivity contribution is 5.89. The first-order chi connectivity index (χ1) is 12.9. The molecule has 148 valence electrons. The van der Waals surface area contributed by atoms with Crippen LogP contribution >= 0.6 is 0 Å². The minimum absolute atomic E-state index is 0.565. The molecule has 27 heavy (non-hydrogen) atoms. The van der Waals surface area contributed by atoms with Crippen LogP contribution in [-0.2, 0) is 11.2 Å². The number of nitrogens with zero attached hydrogens (tertiary/aromatic N) is 1. The molecule has 5 unspecified atom stereocenters. The summed E-state index contributed by atoms with van der Waals surface area (Å²) >= 11 is 0. The lowest BCUT2D eigenvalue weighted by molar-refractivity contribution is -0.267. The molecule has 0 bridgehead atoms. The molecule has 0 spiro atoms. The number of fused-ring (bicyclic) bond motifs is 1. The third-order valence-electron chi connectivity index (χ3n) is 5.00. The zero-order valence-corrected chi connectivity index (χ0v) is 15.7. The van der Waals surface area contributed by atoms with Crippen molar-refractivity contribution in [2.45, 2.75) is 44.1 Å². The lowest BCUT2D eigenvalue weighted by Crippen LogP contribution is -2.58. The van der Waals surface area contributed by atoms with Crippen molar-refractivity contribution >= 4 is 10.9 Å². The van der Waals surface area contributed by atoms with Gasteiger partial charge in [0.05, 0.1) is 6.10 Å². The van der Waals surface area contributed by atoms with Gasteiger partial charge in [-0.05, 0) is 38.1 Å². The van der Waals surface area contributed by atoms with Crippen molar-refractivity contribution in [3.63, 3.8) is 0 Å². The second kappa shape index (κ2) is 8.41. The number of aliphatic hydroxyl groups is 3. The number of H-pyrrole nitrogens is 1. The zero-order valence-electron chi connectivity index (χ0n) is 15.7. The molecule has 1 aromatic heterocycles. The average molecular weight is 376 g/mol. The van der Waals surface area contributed by atoms with Crippen molar-refractivity contribution < 1.29 is 24.8 Å². The molecule has 7 nitrogen and oxygen atoms in total. The van der Waals surface area contributed by atoms with Crippen molar-refractivity contribution in [1.82, 2.24) is 9.88 Å². The largest absolute Gasteiger partial charge is 0.461 e. The molecule has 1 fully saturated rings. The molecule has 0 radical (unpaired) electrons. The van der Waals surface area contributed by atoms with Gasteiger partial charge in [-0.3, -0.25) is 0 Å². The fourth-order valence-electron chi connectivity index (χ4n) is 3.37. The van der Waals surface area contributed by atoms with E-state index in [1.165, 1.54) is 0 Å². The number of benzene rings is 1. The van der Waals surface area contributed by atoms with Crippen LogP contribution in [-0.4, -0.2) is 76.0 Å². The van der Waals surface area contributed by atoms with Gasteiger partial charge in [-0.2, -0.15) is 0 Å². The van der Waals surface area contributed by atoms with E-state index >= 15 is 0 Å². The van der Waals surface area contributed by atoms with Gasteiger partial charge in [0.1, 0.15) is 24.1 Å². The van der Waals surface area contributed by atoms with E-state index in [4.69, 9.17) is 9.47 Å². The van der Waals surface area contributed by atoms with Crippen molar-refractivity contribution in [1.29, 1.82) is 0 Å². The van der Waals surface area contributed by atoms with Gasteiger partial charge in [0, 0.05) is 30.2 Å². The fraction of sp³-hybridized carbons (Fsp3) is 0.500. The summed E-state index contributed by atoms with van der Waals surface area (Å²) in [6.45, 7) is 7.06. The Labute approximate surface area is 158 Å². The van der Waals surface area contributed by atoms with Crippen LogP contribution < -0.4 is 4.74 Å².